The van der Waals surface area contributed by atoms with Crippen LogP contribution in [0, 0.1) is 5.92 Å². The zero-order valence-electron chi connectivity index (χ0n) is 11.6. The Balaban J connectivity index is 1.75. The molecule has 0 amide bonds. The average Bonchev–Trinajstić information content (AvgIpc) is 2.99. The van der Waals surface area contributed by atoms with Crippen molar-refractivity contribution in [2.45, 2.75) is 39.8 Å². The first-order valence-electron chi connectivity index (χ1n) is 7.13. The van der Waals surface area contributed by atoms with Gasteiger partial charge in [0.05, 0.1) is 6.54 Å². The lowest BCUT2D eigenvalue weighted by molar-refractivity contribution is 0.301. The number of likely N-dealkylation sites (tertiary alicyclic amines) is 1. The van der Waals surface area contributed by atoms with Gasteiger partial charge >= 0.3 is 0 Å². The Bertz CT molecular complexity index is 349. The molecule has 0 bridgehead atoms. The number of nitrogens with one attached hydrogen (secondary N) is 1. The molecule has 0 radical (unpaired) electrons. The highest BCUT2D eigenvalue weighted by Gasteiger charge is 2.23. The molecule has 102 valence electrons. The summed E-state index contributed by atoms with van der Waals surface area (Å²) in [6.07, 6.45) is 4.35. The van der Waals surface area contributed by atoms with Gasteiger partial charge in [-0.15, -0.1) is 10.2 Å². The van der Waals surface area contributed by atoms with Crippen molar-refractivity contribution in [2.75, 3.05) is 26.2 Å². The number of aryl methyl sites for hydroxylation is 1. The molecular formula is C13H25N5. The maximum absolute atomic E-state index is 4.21. The van der Waals surface area contributed by atoms with Gasteiger partial charge in [-0.2, -0.15) is 0 Å². The second-order valence-corrected chi connectivity index (χ2v) is 5.13. The number of rotatable bonds is 7. The Hall–Kier alpha value is -0.940. The summed E-state index contributed by atoms with van der Waals surface area (Å²) in [5, 5.41) is 11.7. The Morgan fingerprint density at radius 2 is 2.33 bits per heavy atom. The van der Waals surface area contributed by atoms with Crippen LogP contribution in [0.2, 0.25) is 0 Å². The van der Waals surface area contributed by atoms with E-state index in [4.69, 9.17) is 0 Å². The molecule has 1 N–H and O–H groups in total. The Labute approximate surface area is 110 Å². The summed E-state index contributed by atoms with van der Waals surface area (Å²) in [5.74, 6) is 1.90. The summed E-state index contributed by atoms with van der Waals surface area (Å²) < 4.78 is 2.13. The van der Waals surface area contributed by atoms with Crippen LogP contribution < -0.4 is 5.32 Å². The number of nitrogens with zero attached hydrogens (tertiary/aromatic N) is 4. The van der Waals surface area contributed by atoms with E-state index in [0.717, 1.165) is 37.9 Å². The van der Waals surface area contributed by atoms with Crippen molar-refractivity contribution in [3.8, 4) is 0 Å². The molecule has 0 aliphatic carbocycles. The Kier molecular flexibility index (Phi) is 5.13. The smallest absolute Gasteiger partial charge is 0.146 e. The van der Waals surface area contributed by atoms with Crippen LogP contribution in [0.5, 0.6) is 0 Å². The second-order valence-electron chi connectivity index (χ2n) is 5.13. The summed E-state index contributed by atoms with van der Waals surface area (Å²) in [4.78, 5) is 2.49. The van der Waals surface area contributed by atoms with Crippen molar-refractivity contribution < 1.29 is 0 Å². The molecule has 1 aromatic heterocycles. The molecule has 5 heteroatoms. The number of hydrogen-bond donors (Lipinski definition) is 1. The van der Waals surface area contributed by atoms with Crippen molar-refractivity contribution in [2.24, 2.45) is 5.92 Å². The van der Waals surface area contributed by atoms with E-state index < -0.39 is 0 Å². The predicted molar refractivity (Wildman–Crippen MR) is 72.2 cm³/mol. The molecule has 1 unspecified atom stereocenters. The van der Waals surface area contributed by atoms with Crippen LogP contribution in [0.1, 0.15) is 32.5 Å². The molecule has 1 atom stereocenters. The van der Waals surface area contributed by atoms with Gasteiger partial charge in [0.15, 0.2) is 0 Å². The number of aromatic nitrogens is 3. The Morgan fingerprint density at radius 1 is 1.44 bits per heavy atom. The van der Waals surface area contributed by atoms with Crippen LogP contribution in [0.15, 0.2) is 6.33 Å². The SMILES string of the molecule is CCCNCC1CCN(Cc2nncn2CC)C1. The lowest BCUT2D eigenvalue weighted by Crippen LogP contribution is -2.27. The van der Waals surface area contributed by atoms with E-state index in [1.54, 1.807) is 0 Å². The summed E-state index contributed by atoms with van der Waals surface area (Å²) in [7, 11) is 0. The first-order valence-corrected chi connectivity index (χ1v) is 7.13. The molecule has 1 saturated heterocycles. The van der Waals surface area contributed by atoms with Gasteiger partial charge in [-0.3, -0.25) is 4.90 Å². The van der Waals surface area contributed by atoms with Gasteiger partial charge in [-0.1, -0.05) is 6.92 Å². The maximum Gasteiger partial charge on any atom is 0.146 e. The highest BCUT2D eigenvalue weighted by atomic mass is 15.3. The first kappa shape index (κ1) is 13.5. The summed E-state index contributed by atoms with van der Waals surface area (Å²) >= 11 is 0. The second kappa shape index (κ2) is 6.85. The monoisotopic (exact) mass is 251 g/mol. The zero-order valence-corrected chi connectivity index (χ0v) is 11.6. The maximum atomic E-state index is 4.21. The molecule has 18 heavy (non-hydrogen) atoms. The van der Waals surface area contributed by atoms with Gasteiger partial charge in [-0.05, 0) is 45.3 Å². The van der Waals surface area contributed by atoms with Gasteiger partial charge < -0.3 is 9.88 Å². The molecule has 5 nitrogen and oxygen atoms in total. The van der Waals surface area contributed by atoms with Crippen molar-refractivity contribution in [3.05, 3.63) is 12.2 Å². The summed E-state index contributed by atoms with van der Waals surface area (Å²) in [6, 6.07) is 0. The third-order valence-corrected chi connectivity index (χ3v) is 3.63. The van der Waals surface area contributed by atoms with E-state index in [0.29, 0.717) is 0 Å². The van der Waals surface area contributed by atoms with Crippen molar-refractivity contribution >= 4 is 0 Å². The number of hydrogen-bond acceptors (Lipinski definition) is 4. The van der Waals surface area contributed by atoms with E-state index >= 15 is 0 Å². The standard InChI is InChI=1S/C13H25N5/c1-3-6-14-8-12-5-7-17(9-12)10-13-16-15-11-18(13)4-2/h11-12,14H,3-10H2,1-2H3. The molecule has 2 rings (SSSR count). The molecule has 0 aromatic carbocycles. The third-order valence-electron chi connectivity index (χ3n) is 3.63. The largest absolute Gasteiger partial charge is 0.317 e. The summed E-state index contributed by atoms with van der Waals surface area (Å²) in [6.45, 7) is 10.9. The quantitative estimate of drug-likeness (QED) is 0.738. The fourth-order valence-electron chi connectivity index (χ4n) is 2.57. The normalized spacial score (nSPS) is 20.7. The topological polar surface area (TPSA) is 46.0 Å². The third kappa shape index (κ3) is 3.53. The van der Waals surface area contributed by atoms with E-state index in [-0.39, 0.29) is 0 Å². The minimum absolute atomic E-state index is 0.801. The predicted octanol–water partition coefficient (Wildman–Crippen LogP) is 1.12. The lowest BCUT2D eigenvalue weighted by Gasteiger charge is -2.16. The van der Waals surface area contributed by atoms with Crippen molar-refractivity contribution in [3.63, 3.8) is 0 Å². The lowest BCUT2D eigenvalue weighted by atomic mass is 10.1. The van der Waals surface area contributed by atoms with Gasteiger partial charge in [0.1, 0.15) is 12.2 Å². The van der Waals surface area contributed by atoms with Crippen molar-refractivity contribution in [1.82, 2.24) is 25.0 Å². The van der Waals surface area contributed by atoms with Crippen LogP contribution in [-0.4, -0.2) is 45.8 Å². The van der Waals surface area contributed by atoms with Crippen LogP contribution >= 0.6 is 0 Å². The molecule has 0 spiro atoms. The van der Waals surface area contributed by atoms with Crippen LogP contribution in [0.25, 0.3) is 0 Å². The van der Waals surface area contributed by atoms with E-state index in [2.05, 4.69) is 38.8 Å². The summed E-state index contributed by atoms with van der Waals surface area (Å²) in [5.41, 5.74) is 0. The highest BCUT2D eigenvalue weighted by Crippen LogP contribution is 2.17. The van der Waals surface area contributed by atoms with Crippen LogP contribution in [0.3, 0.4) is 0 Å². The van der Waals surface area contributed by atoms with Crippen LogP contribution in [-0.2, 0) is 13.1 Å². The van der Waals surface area contributed by atoms with Gasteiger partial charge in [0.25, 0.3) is 0 Å². The average molecular weight is 251 g/mol. The van der Waals surface area contributed by atoms with E-state index in [1.165, 1.54) is 25.9 Å². The first-order chi connectivity index (χ1) is 8.83. The molecule has 2 heterocycles. The van der Waals surface area contributed by atoms with E-state index in [9.17, 15) is 0 Å². The van der Waals surface area contributed by atoms with Gasteiger partial charge in [0.2, 0.25) is 0 Å². The minimum atomic E-state index is 0.801. The van der Waals surface area contributed by atoms with Crippen molar-refractivity contribution in [1.29, 1.82) is 0 Å². The fourth-order valence-corrected chi connectivity index (χ4v) is 2.57. The molecule has 0 saturated carbocycles. The molecule has 1 aromatic rings. The molecule has 1 aliphatic rings. The zero-order chi connectivity index (χ0) is 12.8. The van der Waals surface area contributed by atoms with E-state index in [1.807, 2.05) is 6.33 Å². The molecule has 1 fully saturated rings. The highest BCUT2D eigenvalue weighted by molar-refractivity contribution is 4.88. The fraction of sp³-hybridized carbons (Fsp3) is 0.846. The Morgan fingerprint density at radius 3 is 3.11 bits per heavy atom. The molecule has 1 aliphatic heterocycles. The van der Waals surface area contributed by atoms with Gasteiger partial charge in [-0.25, -0.2) is 0 Å². The van der Waals surface area contributed by atoms with Crippen LogP contribution in [0.4, 0.5) is 0 Å². The minimum Gasteiger partial charge on any atom is -0.317 e. The molecular weight excluding hydrogens is 226 g/mol. The van der Waals surface area contributed by atoms with Gasteiger partial charge in [0, 0.05) is 13.1 Å².